The number of nitrogens with two attached hydrogens (primary N) is 1. The first kappa shape index (κ1) is 27.3. The third-order valence-electron chi connectivity index (χ3n) is 6.14. The monoisotopic (exact) mass is 507 g/mol. The molecular formula is C27H33N5O5. The second kappa shape index (κ2) is 13.1. The molecule has 6 N–H and O–H groups in total. The highest BCUT2D eigenvalue weighted by Crippen LogP contribution is 2.44. The lowest BCUT2D eigenvalue weighted by Gasteiger charge is -2.22. The van der Waals surface area contributed by atoms with Crippen LogP contribution in [0.3, 0.4) is 0 Å². The number of rotatable bonds is 12. The van der Waals surface area contributed by atoms with Gasteiger partial charge in [0.25, 0.3) is 0 Å². The van der Waals surface area contributed by atoms with Gasteiger partial charge in [-0.25, -0.2) is 9.59 Å². The number of fused-ring (bicyclic) bond motifs is 3. The summed E-state index contributed by atoms with van der Waals surface area (Å²) in [5.41, 5.74) is 9.68. The lowest BCUT2D eigenvalue weighted by atomic mass is 9.98. The molecule has 37 heavy (non-hydrogen) atoms. The van der Waals surface area contributed by atoms with Gasteiger partial charge in [0, 0.05) is 12.5 Å². The van der Waals surface area contributed by atoms with E-state index in [-0.39, 0.29) is 31.3 Å². The quantitative estimate of drug-likeness (QED) is 0.0971. The van der Waals surface area contributed by atoms with Gasteiger partial charge in [-0.3, -0.25) is 10.2 Å². The minimum atomic E-state index is -0.985. The molecule has 0 unspecified atom stereocenters. The molecule has 1 aliphatic carbocycles. The van der Waals surface area contributed by atoms with Crippen molar-refractivity contribution in [1.82, 2.24) is 16.0 Å². The van der Waals surface area contributed by atoms with Crippen molar-refractivity contribution in [3.05, 3.63) is 72.3 Å². The fourth-order valence-electron chi connectivity index (χ4n) is 4.38. The number of methoxy groups -OCH3 is 1. The van der Waals surface area contributed by atoms with Crippen molar-refractivity contribution in [3.63, 3.8) is 0 Å². The molecule has 2 aromatic rings. The van der Waals surface area contributed by atoms with Crippen LogP contribution in [0.5, 0.6) is 0 Å². The molecule has 0 saturated carbocycles. The van der Waals surface area contributed by atoms with Crippen molar-refractivity contribution >= 4 is 23.9 Å². The normalized spacial score (nSPS) is 13.3. The fraction of sp³-hybridized carbons (Fsp3) is 0.333. The smallest absolute Gasteiger partial charge is 0.407 e. The molecule has 0 radical (unpaired) electrons. The molecule has 0 heterocycles. The maximum atomic E-state index is 13.0. The van der Waals surface area contributed by atoms with Crippen LogP contribution in [0.25, 0.3) is 11.1 Å². The Morgan fingerprint density at radius 2 is 1.68 bits per heavy atom. The van der Waals surface area contributed by atoms with Crippen LogP contribution in [-0.2, 0) is 19.1 Å². The lowest BCUT2D eigenvalue weighted by molar-refractivity contribution is -0.145. The van der Waals surface area contributed by atoms with Gasteiger partial charge in [0.05, 0.1) is 7.11 Å². The van der Waals surface area contributed by atoms with Crippen LogP contribution in [0.4, 0.5) is 4.79 Å². The summed E-state index contributed by atoms with van der Waals surface area (Å²) >= 11 is 0. The van der Waals surface area contributed by atoms with E-state index in [1.165, 1.54) is 13.2 Å². The van der Waals surface area contributed by atoms with Gasteiger partial charge in [0.2, 0.25) is 5.91 Å². The predicted molar refractivity (Wildman–Crippen MR) is 140 cm³/mol. The van der Waals surface area contributed by atoms with Gasteiger partial charge in [-0.1, -0.05) is 54.6 Å². The summed E-state index contributed by atoms with van der Waals surface area (Å²) in [5, 5.41) is 15.1. The maximum Gasteiger partial charge on any atom is 0.407 e. The highest BCUT2D eigenvalue weighted by Gasteiger charge is 2.30. The van der Waals surface area contributed by atoms with E-state index in [2.05, 4.69) is 22.5 Å². The molecule has 2 aromatic carbocycles. The Balaban J connectivity index is 1.66. The number of carbonyl (C=O) groups excluding carboxylic acids is 3. The molecule has 0 spiro atoms. The first-order chi connectivity index (χ1) is 17.8. The summed E-state index contributed by atoms with van der Waals surface area (Å²) in [6.45, 7) is 4.03. The molecule has 0 fully saturated rings. The van der Waals surface area contributed by atoms with Crippen molar-refractivity contribution in [2.24, 2.45) is 5.73 Å². The maximum absolute atomic E-state index is 13.0. The molecule has 10 nitrogen and oxygen atoms in total. The van der Waals surface area contributed by atoms with Gasteiger partial charge in [-0.2, -0.15) is 0 Å². The number of esters is 1. The van der Waals surface area contributed by atoms with Crippen molar-refractivity contribution < 1.29 is 23.9 Å². The SMILES string of the molecule is C=CC[C@@H](NC(=O)[C@@H](CCCNC(=N)N)NC(=O)OCC1c2ccccc2-c2ccccc21)C(=O)OC. The Bertz CT molecular complexity index is 1110. The van der Waals surface area contributed by atoms with E-state index in [0.717, 1.165) is 22.3 Å². The van der Waals surface area contributed by atoms with E-state index >= 15 is 0 Å². The van der Waals surface area contributed by atoms with Crippen LogP contribution in [0.1, 0.15) is 36.3 Å². The van der Waals surface area contributed by atoms with Gasteiger partial charge in [0.15, 0.2) is 5.96 Å². The Hall–Kier alpha value is -4.34. The predicted octanol–water partition coefficient (Wildman–Crippen LogP) is 2.39. The first-order valence-corrected chi connectivity index (χ1v) is 12.0. The van der Waals surface area contributed by atoms with Gasteiger partial charge < -0.3 is 31.2 Å². The molecule has 10 heteroatoms. The minimum Gasteiger partial charge on any atom is -0.467 e. The minimum absolute atomic E-state index is 0.0986. The molecule has 0 bridgehead atoms. The van der Waals surface area contributed by atoms with Crippen molar-refractivity contribution in [2.75, 3.05) is 20.3 Å². The summed E-state index contributed by atoms with van der Waals surface area (Å²) in [7, 11) is 1.23. The van der Waals surface area contributed by atoms with Crippen LogP contribution in [0.15, 0.2) is 61.2 Å². The summed E-state index contributed by atoms with van der Waals surface area (Å²) in [6.07, 6.45) is 1.55. The van der Waals surface area contributed by atoms with Crippen molar-refractivity contribution in [3.8, 4) is 11.1 Å². The highest BCUT2D eigenvalue weighted by atomic mass is 16.5. The number of amides is 2. The van der Waals surface area contributed by atoms with Crippen LogP contribution >= 0.6 is 0 Å². The summed E-state index contributed by atoms with van der Waals surface area (Å²) in [4.78, 5) is 37.8. The molecule has 3 rings (SSSR count). The molecule has 1 aliphatic rings. The molecule has 2 atom stereocenters. The topological polar surface area (TPSA) is 156 Å². The van der Waals surface area contributed by atoms with Crippen LogP contribution in [0, 0.1) is 5.41 Å². The molecule has 2 amide bonds. The van der Waals surface area contributed by atoms with Gasteiger partial charge in [0.1, 0.15) is 18.7 Å². The molecular weight excluding hydrogens is 474 g/mol. The van der Waals surface area contributed by atoms with Crippen LogP contribution < -0.4 is 21.7 Å². The average Bonchev–Trinajstić information content (AvgIpc) is 3.22. The molecule has 0 aromatic heterocycles. The van der Waals surface area contributed by atoms with Gasteiger partial charge in [-0.05, 0) is 41.5 Å². The molecule has 0 aliphatic heterocycles. The van der Waals surface area contributed by atoms with E-state index in [9.17, 15) is 14.4 Å². The van der Waals surface area contributed by atoms with Gasteiger partial charge in [-0.15, -0.1) is 6.58 Å². The zero-order valence-electron chi connectivity index (χ0n) is 20.8. The number of hydrogen-bond acceptors (Lipinski definition) is 6. The number of benzene rings is 2. The number of carbonyl (C=O) groups is 3. The third kappa shape index (κ3) is 7.09. The first-order valence-electron chi connectivity index (χ1n) is 12.0. The van der Waals surface area contributed by atoms with Crippen molar-refractivity contribution in [1.29, 1.82) is 5.41 Å². The summed E-state index contributed by atoms with van der Waals surface area (Å²) in [5.74, 6) is -1.50. The zero-order chi connectivity index (χ0) is 26.8. The van der Waals surface area contributed by atoms with E-state index in [1.807, 2.05) is 48.5 Å². The number of alkyl carbamates (subject to hydrolysis) is 1. The Morgan fingerprint density at radius 3 is 2.24 bits per heavy atom. The second-order valence-corrected chi connectivity index (χ2v) is 8.61. The van der Waals surface area contributed by atoms with Crippen LogP contribution in [0.2, 0.25) is 0 Å². The second-order valence-electron chi connectivity index (χ2n) is 8.61. The Labute approximate surface area is 216 Å². The van der Waals surface area contributed by atoms with E-state index in [4.69, 9.17) is 20.6 Å². The van der Waals surface area contributed by atoms with E-state index in [0.29, 0.717) is 13.0 Å². The Morgan fingerprint density at radius 1 is 1.05 bits per heavy atom. The lowest BCUT2D eigenvalue weighted by Crippen LogP contribution is -2.52. The average molecular weight is 508 g/mol. The van der Waals surface area contributed by atoms with Crippen LogP contribution in [-0.4, -0.2) is 56.3 Å². The number of guanidine groups is 1. The standard InChI is InChI=1S/C27H33N5O5/c1-3-9-23(25(34)36-2)31-24(33)22(14-8-15-30-26(28)29)32-27(35)37-16-21-19-12-6-4-10-17(19)18-11-5-7-13-20(18)21/h3-7,10-13,21-23H,1,8-9,14-16H2,2H3,(H,31,33)(H,32,35)(H4,28,29,30)/t22-,23-/m1/s1. The fourth-order valence-corrected chi connectivity index (χ4v) is 4.38. The zero-order valence-corrected chi connectivity index (χ0v) is 20.8. The highest BCUT2D eigenvalue weighted by molar-refractivity contribution is 5.89. The van der Waals surface area contributed by atoms with E-state index < -0.39 is 30.1 Å². The van der Waals surface area contributed by atoms with Crippen molar-refractivity contribution in [2.45, 2.75) is 37.3 Å². The molecule has 0 saturated heterocycles. The van der Waals surface area contributed by atoms with Gasteiger partial charge >= 0.3 is 12.1 Å². The third-order valence-corrected chi connectivity index (χ3v) is 6.14. The summed E-state index contributed by atoms with van der Waals surface area (Å²) < 4.78 is 10.3. The molecule has 196 valence electrons. The number of hydrogen-bond donors (Lipinski definition) is 5. The largest absolute Gasteiger partial charge is 0.467 e. The van der Waals surface area contributed by atoms with E-state index in [1.54, 1.807) is 0 Å². The number of ether oxygens (including phenoxy) is 2. The number of nitrogens with one attached hydrogen (secondary N) is 4. The Kier molecular flexibility index (Phi) is 9.65. The summed E-state index contributed by atoms with van der Waals surface area (Å²) in [6, 6.07) is 14.1.